The molecule has 25 heavy (non-hydrogen) atoms. The van der Waals surface area contributed by atoms with Crippen LogP contribution in [0.25, 0.3) is 5.69 Å². The molecule has 0 aliphatic heterocycles. The highest BCUT2D eigenvalue weighted by Gasteiger charge is 2.13. The van der Waals surface area contributed by atoms with Gasteiger partial charge in [-0.2, -0.15) is 4.68 Å². The largest absolute Gasteiger partial charge is 0.360 e. The minimum atomic E-state index is -0.133. The Morgan fingerprint density at radius 1 is 1.32 bits per heavy atom. The number of tetrazole rings is 1. The second-order valence-corrected chi connectivity index (χ2v) is 6.62. The molecule has 0 saturated heterocycles. The number of carbonyl (C=O) groups is 1. The van der Waals surface area contributed by atoms with Gasteiger partial charge >= 0.3 is 0 Å². The van der Waals surface area contributed by atoms with E-state index in [1.165, 1.54) is 17.3 Å². The van der Waals surface area contributed by atoms with Gasteiger partial charge in [-0.1, -0.05) is 29.1 Å². The first-order valence-corrected chi connectivity index (χ1v) is 8.74. The number of hydrogen-bond acceptors (Lipinski definition) is 7. The Morgan fingerprint density at radius 2 is 2.16 bits per heavy atom. The number of aromatic nitrogens is 5. The third-order valence-corrected chi connectivity index (χ3v) is 4.62. The second kappa shape index (κ2) is 7.47. The van der Waals surface area contributed by atoms with Crippen molar-refractivity contribution in [3.05, 3.63) is 41.2 Å². The second-order valence-electron chi connectivity index (χ2n) is 5.56. The first-order valence-electron chi connectivity index (χ1n) is 7.75. The molecule has 0 unspecified atom stereocenters. The molecule has 2 aromatic heterocycles. The number of nitrogens with one attached hydrogen (secondary N) is 1. The fourth-order valence-electron chi connectivity index (χ4n) is 2.25. The molecule has 1 amide bonds. The molecule has 3 aromatic rings. The number of anilines is 1. The molecule has 130 valence electrons. The molecule has 8 nitrogen and oxygen atoms in total. The molecule has 0 radical (unpaired) electrons. The summed E-state index contributed by atoms with van der Waals surface area (Å²) < 4.78 is 6.61. The van der Waals surface area contributed by atoms with Crippen molar-refractivity contribution in [3.63, 3.8) is 0 Å². The Balaban J connectivity index is 1.60. The zero-order valence-electron chi connectivity index (χ0n) is 14.2. The lowest BCUT2D eigenvalue weighted by Gasteiger charge is -2.09. The van der Waals surface area contributed by atoms with E-state index in [2.05, 4.69) is 26.0 Å². The minimum absolute atomic E-state index is 0.133. The maximum absolute atomic E-state index is 11.9. The SMILES string of the molecule is Cc1cc(NC(=O)CCSc2nnnn2-c2cccc(C)c2C)no1. The van der Waals surface area contributed by atoms with E-state index in [1.54, 1.807) is 17.7 Å². The van der Waals surface area contributed by atoms with Crippen molar-refractivity contribution in [3.8, 4) is 5.69 Å². The van der Waals surface area contributed by atoms with E-state index in [1.807, 2.05) is 32.0 Å². The van der Waals surface area contributed by atoms with Crippen molar-refractivity contribution < 1.29 is 9.32 Å². The van der Waals surface area contributed by atoms with Crippen LogP contribution in [0.1, 0.15) is 23.3 Å². The highest BCUT2D eigenvalue weighted by Crippen LogP contribution is 2.22. The molecule has 0 bridgehead atoms. The summed E-state index contributed by atoms with van der Waals surface area (Å²) >= 11 is 1.43. The first kappa shape index (κ1) is 17.2. The molecule has 0 aliphatic rings. The maximum atomic E-state index is 11.9. The Hall–Kier alpha value is -2.68. The van der Waals surface area contributed by atoms with Crippen LogP contribution in [0.15, 0.2) is 33.9 Å². The van der Waals surface area contributed by atoms with Crippen LogP contribution < -0.4 is 5.32 Å². The van der Waals surface area contributed by atoms with Crippen LogP contribution in [0.5, 0.6) is 0 Å². The van der Waals surface area contributed by atoms with E-state index < -0.39 is 0 Å². The van der Waals surface area contributed by atoms with Gasteiger partial charge in [-0.05, 0) is 48.4 Å². The lowest BCUT2D eigenvalue weighted by Crippen LogP contribution is -2.12. The van der Waals surface area contributed by atoms with Crippen molar-refractivity contribution in [1.29, 1.82) is 0 Å². The van der Waals surface area contributed by atoms with Crippen molar-refractivity contribution in [2.45, 2.75) is 32.3 Å². The van der Waals surface area contributed by atoms with Gasteiger partial charge in [0.1, 0.15) is 5.76 Å². The number of rotatable bonds is 6. The van der Waals surface area contributed by atoms with Crippen molar-refractivity contribution >= 4 is 23.5 Å². The summed E-state index contributed by atoms with van der Waals surface area (Å²) in [4.78, 5) is 11.9. The lowest BCUT2D eigenvalue weighted by atomic mass is 10.1. The quantitative estimate of drug-likeness (QED) is 0.676. The number of benzene rings is 1. The number of aryl methyl sites for hydroxylation is 2. The Bertz CT molecular complexity index is 888. The summed E-state index contributed by atoms with van der Waals surface area (Å²) in [5.74, 6) is 1.49. The fraction of sp³-hybridized carbons (Fsp3) is 0.312. The van der Waals surface area contributed by atoms with Gasteiger partial charge in [0.25, 0.3) is 0 Å². The zero-order valence-corrected chi connectivity index (χ0v) is 15.0. The molecule has 2 heterocycles. The molecule has 0 spiro atoms. The standard InChI is InChI=1S/C16H18N6O2S/c1-10-5-4-6-13(12(10)3)22-16(18-20-21-22)25-8-7-15(23)17-14-9-11(2)24-19-14/h4-6,9H,7-8H2,1-3H3,(H,17,19,23). The Morgan fingerprint density at radius 3 is 2.92 bits per heavy atom. The Labute approximate surface area is 149 Å². The van der Waals surface area contributed by atoms with Crippen LogP contribution >= 0.6 is 11.8 Å². The van der Waals surface area contributed by atoms with Gasteiger partial charge in [0.15, 0.2) is 5.82 Å². The van der Waals surface area contributed by atoms with Crippen molar-refractivity contribution in [1.82, 2.24) is 25.4 Å². The third kappa shape index (κ3) is 4.05. The van der Waals surface area contributed by atoms with Crippen molar-refractivity contribution in [2.75, 3.05) is 11.1 Å². The summed E-state index contributed by atoms with van der Waals surface area (Å²) in [6.45, 7) is 5.85. The highest BCUT2D eigenvalue weighted by atomic mass is 32.2. The van der Waals surface area contributed by atoms with Crippen LogP contribution in [0.2, 0.25) is 0 Å². The predicted octanol–water partition coefficient (Wildman–Crippen LogP) is 2.70. The van der Waals surface area contributed by atoms with E-state index in [9.17, 15) is 4.79 Å². The number of carbonyl (C=O) groups excluding carboxylic acids is 1. The number of amides is 1. The van der Waals surface area contributed by atoms with Crippen LogP contribution in [-0.4, -0.2) is 37.0 Å². The summed E-state index contributed by atoms with van der Waals surface area (Å²) in [5.41, 5.74) is 3.23. The predicted molar refractivity (Wildman–Crippen MR) is 93.8 cm³/mol. The van der Waals surface area contributed by atoms with Crippen LogP contribution in [0, 0.1) is 20.8 Å². The third-order valence-electron chi connectivity index (χ3n) is 3.70. The summed E-state index contributed by atoms with van der Waals surface area (Å²) in [5, 5.41) is 19.0. The molecule has 0 atom stereocenters. The molecular formula is C16H18N6O2S. The fourth-order valence-corrected chi connectivity index (χ4v) is 3.07. The van der Waals surface area contributed by atoms with Crippen LogP contribution in [-0.2, 0) is 4.79 Å². The molecule has 1 aromatic carbocycles. The van der Waals surface area contributed by atoms with Gasteiger partial charge in [0, 0.05) is 18.2 Å². The molecule has 9 heteroatoms. The van der Waals surface area contributed by atoms with E-state index in [0.29, 0.717) is 28.9 Å². The van der Waals surface area contributed by atoms with E-state index >= 15 is 0 Å². The van der Waals surface area contributed by atoms with E-state index in [-0.39, 0.29) is 5.91 Å². The first-order chi connectivity index (χ1) is 12.0. The molecular weight excluding hydrogens is 340 g/mol. The number of hydrogen-bond donors (Lipinski definition) is 1. The van der Waals surface area contributed by atoms with Gasteiger partial charge in [0.05, 0.1) is 5.69 Å². The summed E-state index contributed by atoms with van der Waals surface area (Å²) in [7, 11) is 0. The molecule has 3 rings (SSSR count). The highest BCUT2D eigenvalue weighted by molar-refractivity contribution is 7.99. The molecule has 1 N–H and O–H groups in total. The minimum Gasteiger partial charge on any atom is -0.360 e. The monoisotopic (exact) mass is 358 g/mol. The topological polar surface area (TPSA) is 98.7 Å². The van der Waals surface area contributed by atoms with Crippen LogP contribution in [0.3, 0.4) is 0 Å². The molecule has 0 fully saturated rings. The number of thioether (sulfide) groups is 1. The zero-order chi connectivity index (χ0) is 17.8. The van der Waals surface area contributed by atoms with Gasteiger partial charge in [0.2, 0.25) is 11.1 Å². The van der Waals surface area contributed by atoms with Crippen molar-refractivity contribution in [2.24, 2.45) is 0 Å². The van der Waals surface area contributed by atoms with Gasteiger partial charge in [-0.25, -0.2) is 0 Å². The lowest BCUT2D eigenvalue weighted by molar-refractivity contribution is -0.115. The summed E-state index contributed by atoms with van der Waals surface area (Å²) in [6.07, 6.45) is 0.316. The summed E-state index contributed by atoms with van der Waals surface area (Å²) in [6, 6.07) is 7.67. The normalized spacial score (nSPS) is 10.8. The van der Waals surface area contributed by atoms with Crippen LogP contribution in [0.4, 0.5) is 5.82 Å². The number of nitrogens with zero attached hydrogens (tertiary/aromatic N) is 5. The van der Waals surface area contributed by atoms with Gasteiger partial charge in [-0.3, -0.25) is 4.79 Å². The van der Waals surface area contributed by atoms with E-state index in [0.717, 1.165) is 11.3 Å². The maximum Gasteiger partial charge on any atom is 0.226 e. The average molecular weight is 358 g/mol. The molecule has 0 aliphatic carbocycles. The average Bonchev–Trinajstić information content (AvgIpc) is 3.19. The van der Waals surface area contributed by atoms with Gasteiger partial charge < -0.3 is 9.84 Å². The Kier molecular flexibility index (Phi) is 5.13. The molecule has 0 saturated carbocycles. The smallest absolute Gasteiger partial charge is 0.226 e. The van der Waals surface area contributed by atoms with Gasteiger partial charge in [-0.15, -0.1) is 5.10 Å². The van der Waals surface area contributed by atoms with E-state index in [4.69, 9.17) is 4.52 Å².